The Hall–Kier alpha value is -1.96. The van der Waals surface area contributed by atoms with Crippen LogP contribution in [0.5, 0.6) is 5.75 Å². The molecule has 40 heavy (non-hydrogen) atoms. The average Bonchev–Trinajstić information content (AvgIpc) is 2.93. The fraction of sp³-hybridized carbons (Fsp3) is 0.519. The number of rotatable bonds is 11. The van der Waals surface area contributed by atoms with E-state index in [1.54, 1.807) is 12.1 Å². The lowest BCUT2D eigenvalue weighted by molar-refractivity contribution is -0.148. The molecule has 0 saturated carbocycles. The van der Waals surface area contributed by atoms with Crippen molar-refractivity contribution < 1.29 is 36.2 Å². The molecule has 0 bridgehead atoms. The number of benzene rings is 2. The molecule has 0 spiro atoms. The van der Waals surface area contributed by atoms with Crippen LogP contribution < -0.4 is 9.46 Å². The number of sulfonamides is 1. The lowest BCUT2D eigenvalue weighted by Gasteiger charge is -2.32. The summed E-state index contributed by atoms with van der Waals surface area (Å²) >= 11 is 7.77. The summed E-state index contributed by atoms with van der Waals surface area (Å²) in [5.74, 6) is -1.99. The molecule has 0 radical (unpaired) electrons. The van der Waals surface area contributed by atoms with Crippen molar-refractivity contribution in [2.75, 3.05) is 45.2 Å². The van der Waals surface area contributed by atoms with Crippen LogP contribution in [0.25, 0.3) is 0 Å². The standard InChI is InChI=1S/C27H33ClF2N2O6S2/c1-27(9-2-3-13-37-27)26(33)31-40(34,35)22-16-23(28)25(24(30)17-22)38-20(8-10-32-11-14-36-15-12-32)18-39-21-6-4-19(29)5-7-21/h4-7,16-17,20H,2-3,8-15,18H2,1H3,(H,31,33)/t20-,27-/m1/s1. The number of amides is 1. The summed E-state index contributed by atoms with van der Waals surface area (Å²) in [6, 6.07) is 7.87. The van der Waals surface area contributed by atoms with E-state index in [4.69, 9.17) is 25.8 Å². The number of halogens is 3. The zero-order valence-electron chi connectivity index (χ0n) is 22.2. The Morgan fingerprint density at radius 1 is 1.18 bits per heavy atom. The molecule has 2 aromatic rings. The van der Waals surface area contributed by atoms with Crippen molar-refractivity contribution in [2.45, 2.75) is 54.1 Å². The minimum Gasteiger partial charge on any atom is -0.485 e. The molecule has 0 aliphatic carbocycles. The van der Waals surface area contributed by atoms with Gasteiger partial charge in [-0.2, -0.15) is 0 Å². The highest BCUT2D eigenvalue weighted by atomic mass is 35.5. The van der Waals surface area contributed by atoms with Crippen LogP contribution in [-0.2, 0) is 24.3 Å². The molecule has 2 heterocycles. The van der Waals surface area contributed by atoms with Gasteiger partial charge in [-0.25, -0.2) is 21.9 Å². The van der Waals surface area contributed by atoms with E-state index in [9.17, 15) is 17.6 Å². The molecule has 1 amide bonds. The SMILES string of the molecule is C[C@]1(C(=O)NS(=O)(=O)c2cc(F)c(O[C@H](CCN3CCOCC3)CSc3ccc(F)cc3)c(Cl)c2)CCCCO1. The smallest absolute Gasteiger partial charge is 0.265 e. The van der Waals surface area contributed by atoms with Crippen molar-refractivity contribution in [3.05, 3.63) is 53.1 Å². The zero-order chi connectivity index (χ0) is 28.8. The number of morpholine rings is 1. The van der Waals surface area contributed by atoms with Crippen LogP contribution in [0.15, 0.2) is 46.2 Å². The van der Waals surface area contributed by atoms with E-state index < -0.39 is 38.3 Å². The fourth-order valence-corrected chi connectivity index (χ4v) is 6.79. The van der Waals surface area contributed by atoms with Crippen LogP contribution >= 0.6 is 23.4 Å². The van der Waals surface area contributed by atoms with E-state index in [0.717, 1.165) is 43.0 Å². The third kappa shape index (κ3) is 8.29. The number of thioether (sulfide) groups is 1. The molecule has 220 valence electrons. The second-order valence-electron chi connectivity index (χ2n) is 9.93. The molecule has 2 aromatic carbocycles. The minimum atomic E-state index is -4.42. The number of nitrogens with zero attached hydrogens (tertiary/aromatic N) is 1. The molecular formula is C27H33ClF2N2O6S2. The van der Waals surface area contributed by atoms with Gasteiger partial charge in [0.2, 0.25) is 0 Å². The molecule has 1 N–H and O–H groups in total. The Morgan fingerprint density at radius 2 is 1.90 bits per heavy atom. The fourth-order valence-electron chi connectivity index (χ4n) is 4.42. The predicted molar refractivity (Wildman–Crippen MR) is 148 cm³/mol. The molecule has 2 aliphatic heterocycles. The van der Waals surface area contributed by atoms with Gasteiger partial charge in [0.05, 0.1) is 23.1 Å². The van der Waals surface area contributed by atoms with E-state index in [-0.39, 0.29) is 16.6 Å². The van der Waals surface area contributed by atoms with Gasteiger partial charge in [-0.3, -0.25) is 9.69 Å². The molecule has 0 unspecified atom stereocenters. The highest BCUT2D eigenvalue weighted by Crippen LogP contribution is 2.34. The van der Waals surface area contributed by atoms with Crippen LogP contribution in [0.2, 0.25) is 5.02 Å². The van der Waals surface area contributed by atoms with Crippen molar-refractivity contribution in [2.24, 2.45) is 0 Å². The zero-order valence-corrected chi connectivity index (χ0v) is 24.6. The molecule has 13 heteroatoms. The molecule has 0 aromatic heterocycles. The summed E-state index contributed by atoms with van der Waals surface area (Å²) in [7, 11) is -4.42. The molecule has 2 fully saturated rings. The number of nitrogens with one attached hydrogen (secondary N) is 1. The maximum atomic E-state index is 15.3. The number of hydrogen-bond acceptors (Lipinski definition) is 8. The second-order valence-corrected chi connectivity index (χ2v) is 13.1. The van der Waals surface area contributed by atoms with E-state index in [2.05, 4.69) is 4.90 Å². The highest BCUT2D eigenvalue weighted by Gasteiger charge is 2.38. The Morgan fingerprint density at radius 3 is 2.55 bits per heavy atom. The Labute approximate surface area is 242 Å². The number of ether oxygens (including phenoxy) is 3. The van der Waals surface area contributed by atoms with Gasteiger partial charge < -0.3 is 14.2 Å². The molecule has 4 rings (SSSR count). The second kappa shape index (κ2) is 13.8. The number of carbonyl (C=O) groups is 1. The summed E-state index contributed by atoms with van der Waals surface area (Å²) < 4.78 is 73.4. The van der Waals surface area contributed by atoms with E-state index in [1.165, 1.54) is 30.8 Å². The van der Waals surface area contributed by atoms with Gasteiger partial charge in [0.1, 0.15) is 17.5 Å². The van der Waals surface area contributed by atoms with Crippen LogP contribution in [-0.4, -0.2) is 76.1 Å². The largest absolute Gasteiger partial charge is 0.485 e. The summed E-state index contributed by atoms with van der Waals surface area (Å²) in [5, 5.41) is -0.240. The van der Waals surface area contributed by atoms with Crippen LogP contribution in [0, 0.1) is 11.6 Å². The Balaban J connectivity index is 1.48. The Bertz CT molecular complexity index is 1250. The number of hydrogen-bond donors (Lipinski definition) is 1. The van der Waals surface area contributed by atoms with Gasteiger partial charge in [-0.05, 0) is 69.0 Å². The van der Waals surface area contributed by atoms with Gasteiger partial charge in [-0.1, -0.05) is 11.6 Å². The first-order chi connectivity index (χ1) is 19.1. The topological polar surface area (TPSA) is 94.2 Å². The first-order valence-corrected chi connectivity index (χ1v) is 16.0. The van der Waals surface area contributed by atoms with Crippen molar-refractivity contribution in [1.82, 2.24) is 9.62 Å². The third-order valence-corrected chi connectivity index (χ3v) is 9.60. The maximum Gasteiger partial charge on any atom is 0.265 e. The van der Waals surface area contributed by atoms with Crippen LogP contribution in [0.3, 0.4) is 0 Å². The van der Waals surface area contributed by atoms with Crippen molar-refractivity contribution in [3.63, 3.8) is 0 Å². The van der Waals surface area contributed by atoms with Crippen molar-refractivity contribution >= 4 is 39.3 Å². The molecule has 2 atom stereocenters. The average molecular weight is 619 g/mol. The van der Waals surface area contributed by atoms with Gasteiger partial charge in [0, 0.05) is 36.9 Å². The normalized spacial score (nSPS) is 21.1. The summed E-state index contributed by atoms with van der Waals surface area (Å²) in [6.07, 6.45) is 1.93. The van der Waals surface area contributed by atoms with Crippen LogP contribution in [0.1, 0.15) is 32.6 Å². The highest BCUT2D eigenvalue weighted by molar-refractivity contribution is 7.99. The minimum absolute atomic E-state index is 0.240. The number of carbonyl (C=O) groups excluding carboxylic acids is 1. The summed E-state index contributed by atoms with van der Waals surface area (Å²) in [4.78, 5) is 15.2. The quantitative estimate of drug-likeness (QED) is 0.364. The van der Waals surface area contributed by atoms with Gasteiger partial charge >= 0.3 is 0 Å². The first kappa shape index (κ1) is 31.0. The maximum absolute atomic E-state index is 15.3. The lowest BCUT2D eigenvalue weighted by Crippen LogP contribution is -2.50. The van der Waals surface area contributed by atoms with Crippen LogP contribution in [0.4, 0.5) is 8.78 Å². The van der Waals surface area contributed by atoms with Crippen molar-refractivity contribution in [3.8, 4) is 5.75 Å². The van der Waals surface area contributed by atoms with E-state index >= 15 is 4.39 Å². The van der Waals surface area contributed by atoms with Gasteiger partial charge in [0.25, 0.3) is 15.9 Å². The van der Waals surface area contributed by atoms with E-state index in [1.807, 2.05) is 4.72 Å². The Kier molecular flexibility index (Phi) is 10.7. The monoisotopic (exact) mass is 618 g/mol. The molecular weight excluding hydrogens is 586 g/mol. The summed E-state index contributed by atoms with van der Waals surface area (Å²) in [6.45, 7) is 5.37. The third-order valence-electron chi connectivity index (χ3n) is 6.86. The lowest BCUT2D eigenvalue weighted by atomic mass is 9.95. The van der Waals surface area contributed by atoms with Gasteiger partial charge in [0.15, 0.2) is 11.6 Å². The predicted octanol–water partition coefficient (Wildman–Crippen LogP) is 4.64. The summed E-state index contributed by atoms with van der Waals surface area (Å²) in [5.41, 5.74) is -1.29. The van der Waals surface area contributed by atoms with Gasteiger partial charge in [-0.15, -0.1) is 11.8 Å². The molecule has 2 saturated heterocycles. The first-order valence-electron chi connectivity index (χ1n) is 13.1. The molecule has 2 aliphatic rings. The van der Waals surface area contributed by atoms with E-state index in [0.29, 0.717) is 45.0 Å². The van der Waals surface area contributed by atoms with Crippen molar-refractivity contribution in [1.29, 1.82) is 0 Å². The molecule has 8 nitrogen and oxygen atoms in total.